The van der Waals surface area contributed by atoms with E-state index in [4.69, 9.17) is 5.84 Å². The fraction of sp³-hybridized carbons (Fsp3) is 0.722. The second-order valence-corrected chi connectivity index (χ2v) is 6.07. The van der Waals surface area contributed by atoms with Crippen LogP contribution in [0.3, 0.4) is 0 Å². The standard InChI is InChI=1S/C18H33N3/c1-3-4-5-6-7-8-9-10-11-12-18(21-19)17-15-20-14-13-16(17)2/h13-15,18,21H,3-12,19H2,1-2H3. The zero-order valence-electron chi connectivity index (χ0n) is 13.9. The van der Waals surface area contributed by atoms with Crippen LogP contribution in [0.4, 0.5) is 0 Å². The molecular weight excluding hydrogens is 258 g/mol. The maximum absolute atomic E-state index is 5.70. The third-order valence-corrected chi connectivity index (χ3v) is 4.25. The Balaban J connectivity index is 2.12. The lowest BCUT2D eigenvalue weighted by Crippen LogP contribution is -2.28. The summed E-state index contributed by atoms with van der Waals surface area (Å²) in [4.78, 5) is 4.21. The molecule has 0 aromatic carbocycles. The topological polar surface area (TPSA) is 50.9 Å². The van der Waals surface area contributed by atoms with Gasteiger partial charge in [0.05, 0.1) is 0 Å². The third kappa shape index (κ3) is 7.58. The van der Waals surface area contributed by atoms with Gasteiger partial charge in [0, 0.05) is 18.4 Å². The number of hydrogen-bond donors (Lipinski definition) is 2. The Kier molecular flexibility index (Phi) is 10.1. The lowest BCUT2D eigenvalue weighted by atomic mass is 9.98. The molecule has 3 nitrogen and oxygen atoms in total. The highest BCUT2D eigenvalue weighted by atomic mass is 15.2. The number of nitrogens with two attached hydrogens (primary N) is 1. The average Bonchev–Trinajstić information content (AvgIpc) is 2.50. The quantitative estimate of drug-likeness (QED) is 0.330. The minimum Gasteiger partial charge on any atom is -0.271 e. The normalized spacial score (nSPS) is 12.5. The van der Waals surface area contributed by atoms with E-state index < -0.39 is 0 Å². The predicted molar refractivity (Wildman–Crippen MR) is 90.9 cm³/mol. The number of hydrogen-bond acceptors (Lipinski definition) is 3. The number of rotatable bonds is 12. The van der Waals surface area contributed by atoms with Crippen molar-refractivity contribution in [3.63, 3.8) is 0 Å². The third-order valence-electron chi connectivity index (χ3n) is 4.25. The molecule has 0 bridgehead atoms. The molecule has 0 spiro atoms. The van der Waals surface area contributed by atoms with Gasteiger partial charge in [-0.3, -0.25) is 16.3 Å². The number of nitrogens with zero attached hydrogens (tertiary/aromatic N) is 1. The minimum atomic E-state index is 0.239. The van der Waals surface area contributed by atoms with Crippen molar-refractivity contribution in [2.45, 2.75) is 84.1 Å². The molecule has 0 radical (unpaired) electrons. The summed E-state index contributed by atoms with van der Waals surface area (Å²) >= 11 is 0. The molecule has 1 aromatic rings. The summed E-state index contributed by atoms with van der Waals surface area (Å²) in [5, 5.41) is 0. The van der Waals surface area contributed by atoms with Gasteiger partial charge < -0.3 is 0 Å². The molecule has 1 aromatic heterocycles. The Labute approximate surface area is 130 Å². The molecule has 1 heterocycles. The molecule has 0 fully saturated rings. The van der Waals surface area contributed by atoms with E-state index in [9.17, 15) is 0 Å². The van der Waals surface area contributed by atoms with Gasteiger partial charge >= 0.3 is 0 Å². The summed E-state index contributed by atoms with van der Waals surface area (Å²) in [6, 6.07) is 2.29. The van der Waals surface area contributed by atoms with E-state index in [1.165, 1.54) is 68.9 Å². The van der Waals surface area contributed by atoms with Crippen LogP contribution in [0.5, 0.6) is 0 Å². The molecule has 0 aliphatic carbocycles. The molecule has 1 unspecified atom stereocenters. The molecule has 0 amide bonds. The SMILES string of the molecule is CCCCCCCCCCCC(NN)c1cnccc1C. The van der Waals surface area contributed by atoms with Crippen molar-refractivity contribution in [2.24, 2.45) is 5.84 Å². The summed E-state index contributed by atoms with van der Waals surface area (Å²) in [6.07, 6.45) is 17.1. The summed E-state index contributed by atoms with van der Waals surface area (Å²) in [6.45, 7) is 4.39. The Bertz CT molecular complexity index is 365. The van der Waals surface area contributed by atoms with Crippen molar-refractivity contribution in [3.05, 3.63) is 29.6 Å². The minimum absolute atomic E-state index is 0.239. The number of aromatic nitrogens is 1. The lowest BCUT2D eigenvalue weighted by molar-refractivity contribution is 0.472. The average molecular weight is 291 g/mol. The first kappa shape index (κ1) is 18.1. The van der Waals surface area contributed by atoms with Crippen LogP contribution in [0, 0.1) is 6.92 Å². The molecular formula is C18H33N3. The Hall–Kier alpha value is -0.930. The first-order valence-corrected chi connectivity index (χ1v) is 8.66. The van der Waals surface area contributed by atoms with Gasteiger partial charge in [-0.2, -0.15) is 0 Å². The van der Waals surface area contributed by atoms with Gasteiger partial charge in [0.25, 0.3) is 0 Å². The molecule has 1 rings (SSSR count). The molecule has 21 heavy (non-hydrogen) atoms. The van der Waals surface area contributed by atoms with E-state index in [1.54, 1.807) is 0 Å². The van der Waals surface area contributed by atoms with Crippen LogP contribution in [0.15, 0.2) is 18.5 Å². The first-order valence-electron chi connectivity index (χ1n) is 8.66. The number of nitrogens with one attached hydrogen (secondary N) is 1. The number of hydrazine groups is 1. The summed E-state index contributed by atoms with van der Waals surface area (Å²) in [7, 11) is 0. The maximum atomic E-state index is 5.70. The van der Waals surface area contributed by atoms with Gasteiger partial charge in [-0.15, -0.1) is 0 Å². The van der Waals surface area contributed by atoms with Gasteiger partial charge in [-0.05, 0) is 30.5 Å². The maximum Gasteiger partial charge on any atom is 0.0477 e. The van der Waals surface area contributed by atoms with Crippen LogP contribution in [-0.4, -0.2) is 4.98 Å². The summed E-state index contributed by atoms with van der Waals surface area (Å²) < 4.78 is 0. The smallest absolute Gasteiger partial charge is 0.0477 e. The Morgan fingerprint density at radius 1 is 1.05 bits per heavy atom. The zero-order chi connectivity index (χ0) is 15.3. The van der Waals surface area contributed by atoms with Crippen molar-refractivity contribution < 1.29 is 0 Å². The van der Waals surface area contributed by atoms with E-state index in [2.05, 4.69) is 30.3 Å². The van der Waals surface area contributed by atoms with Crippen molar-refractivity contribution in [1.82, 2.24) is 10.4 Å². The van der Waals surface area contributed by atoms with Crippen LogP contribution in [0.1, 0.15) is 88.3 Å². The molecule has 0 aliphatic heterocycles. The summed E-state index contributed by atoms with van der Waals surface area (Å²) in [5.74, 6) is 5.70. The highest BCUT2D eigenvalue weighted by Crippen LogP contribution is 2.22. The largest absolute Gasteiger partial charge is 0.271 e. The van der Waals surface area contributed by atoms with Gasteiger partial charge in [0.2, 0.25) is 0 Å². The van der Waals surface area contributed by atoms with E-state index in [1.807, 2.05) is 12.4 Å². The molecule has 3 heteroatoms. The van der Waals surface area contributed by atoms with Gasteiger partial charge in [0.15, 0.2) is 0 Å². The van der Waals surface area contributed by atoms with Gasteiger partial charge in [-0.1, -0.05) is 64.7 Å². The predicted octanol–water partition coefficient (Wildman–Crippen LogP) is 4.82. The van der Waals surface area contributed by atoms with Gasteiger partial charge in [0.1, 0.15) is 0 Å². The van der Waals surface area contributed by atoms with Crippen molar-refractivity contribution in [3.8, 4) is 0 Å². The van der Waals surface area contributed by atoms with Crippen molar-refractivity contribution in [1.29, 1.82) is 0 Å². The van der Waals surface area contributed by atoms with E-state index in [0.717, 1.165) is 6.42 Å². The Morgan fingerprint density at radius 2 is 1.67 bits per heavy atom. The van der Waals surface area contributed by atoms with Crippen LogP contribution in [0.25, 0.3) is 0 Å². The van der Waals surface area contributed by atoms with E-state index in [0.29, 0.717) is 0 Å². The van der Waals surface area contributed by atoms with E-state index >= 15 is 0 Å². The summed E-state index contributed by atoms with van der Waals surface area (Å²) in [5.41, 5.74) is 5.45. The van der Waals surface area contributed by atoms with Crippen LogP contribution in [-0.2, 0) is 0 Å². The number of pyridine rings is 1. The van der Waals surface area contributed by atoms with Crippen LogP contribution < -0.4 is 11.3 Å². The fourth-order valence-corrected chi connectivity index (χ4v) is 2.83. The molecule has 120 valence electrons. The number of aryl methyl sites for hydroxylation is 1. The molecule has 0 saturated carbocycles. The molecule has 0 aliphatic rings. The van der Waals surface area contributed by atoms with Crippen molar-refractivity contribution in [2.75, 3.05) is 0 Å². The molecule has 1 atom stereocenters. The van der Waals surface area contributed by atoms with Crippen LogP contribution in [0.2, 0.25) is 0 Å². The van der Waals surface area contributed by atoms with Crippen LogP contribution >= 0.6 is 0 Å². The zero-order valence-corrected chi connectivity index (χ0v) is 13.9. The Morgan fingerprint density at radius 3 is 2.24 bits per heavy atom. The van der Waals surface area contributed by atoms with E-state index in [-0.39, 0.29) is 6.04 Å². The van der Waals surface area contributed by atoms with Crippen molar-refractivity contribution >= 4 is 0 Å². The monoisotopic (exact) mass is 291 g/mol. The highest BCUT2D eigenvalue weighted by Gasteiger charge is 2.11. The molecule has 0 saturated heterocycles. The van der Waals surface area contributed by atoms with Gasteiger partial charge in [-0.25, -0.2) is 0 Å². The lowest BCUT2D eigenvalue weighted by Gasteiger charge is -2.17. The fourth-order valence-electron chi connectivity index (χ4n) is 2.83. The highest BCUT2D eigenvalue weighted by molar-refractivity contribution is 5.24. The molecule has 3 N–H and O–H groups in total. The first-order chi connectivity index (χ1) is 10.3. The second kappa shape index (κ2) is 11.7. The second-order valence-electron chi connectivity index (χ2n) is 6.07. The number of unbranched alkanes of at least 4 members (excludes halogenated alkanes) is 8.